The highest BCUT2D eigenvalue weighted by atomic mass is 19.4. The third kappa shape index (κ3) is 4.96. The first-order chi connectivity index (χ1) is 10.8. The Morgan fingerprint density at radius 2 is 2.04 bits per heavy atom. The number of carbonyl (C=O) groups excluding carboxylic acids is 1. The van der Waals surface area contributed by atoms with Gasteiger partial charge in [-0.15, -0.1) is 0 Å². The van der Waals surface area contributed by atoms with Crippen molar-refractivity contribution in [2.24, 2.45) is 5.92 Å². The van der Waals surface area contributed by atoms with Gasteiger partial charge in [0, 0.05) is 12.2 Å². The Bertz CT molecular complexity index is 543. The molecule has 0 unspecified atom stereocenters. The predicted octanol–water partition coefficient (Wildman–Crippen LogP) is 4.02. The number of nitrogens with zero attached hydrogens (tertiary/aromatic N) is 1. The highest BCUT2D eigenvalue weighted by Gasteiger charge is 2.41. The van der Waals surface area contributed by atoms with Crippen molar-refractivity contribution < 1.29 is 18.0 Å². The van der Waals surface area contributed by atoms with E-state index in [1.54, 1.807) is 4.90 Å². The van der Waals surface area contributed by atoms with Gasteiger partial charge in [0.25, 0.3) is 0 Å². The van der Waals surface area contributed by atoms with Gasteiger partial charge in [0.15, 0.2) is 0 Å². The van der Waals surface area contributed by atoms with E-state index < -0.39 is 12.1 Å². The highest BCUT2D eigenvalue weighted by molar-refractivity contribution is 5.93. The van der Waals surface area contributed by atoms with E-state index in [2.05, 4.69) is 5.32 Å². The number of carbonyl (C=O) groups is 1. The number of piperidine rings is 1. The molecule has 1 fully saturated rings. The number of rotatable bonds is 4. The zero-order valence-electron chi connectivity index (χ0n) is 13.5. The number of amides is 1. The summed E-state index contributed by atoms with van der Waals surface area (Å²) in [6.45, 7) is 4.50. The first kappa shape index (κ1) is 17.8. The molecule has 0 aromatic heterocycles. The third-order valence-corrected chi connectivity index (χ3v) is 4.19. The second kappa shape index (κ2) is 7.34. The fourth-order valence-corrected chi connectivity index (χ4v) is 2.97. The summed E-state index contributed by atoms with van der Waals surface area (Å²) in [5.74, 6) is -1.33. The van der Waals surface area contributed by atoms with Crippen molar-refractivity contribution in [2.45, 2.75) is 38.8 Å². The lowest BCUT2D eigenvalue weighted by atomic mass is 9.97. The molecule has 1 heterocycles. The highest BCUT2D eigenvalue weighted by Crippen LogP contribution is 2.33. The van der Waals surface area contributed by atoms with Crippen molar-refractivity contribution in [1.82, 2.24) is 4.90 Å². The van der Waals surface area contributed by atoms with E-state index in [-0.39, 0.29) is 31.3 Å². The molecule has 1 amide bonds. The fraction of sp³-hybridized carbons (Fsp3) is 0.588. The molecule has 0 radical (unpaired) electrons. The van der Waals surface area contributed by atoms with Crippen molar-refractivity contribution in [3.63, 3.8) is 0 Å². The topological polar surface area (TPSA) is 32.3 Å². The molecule has 1 N–H and O–H groups in total. The zero-order valence-corrected chi connectivity index (χ0v) is 13.5. The molecule has 23 heavy (non-hydrogen) atoms. The van der Waals surface area contributed by atoms with Gasteiger partial charge in [-0.2, -0.15) is 13.2 Å². The number of halogens is 3. The maximum Gasteiger partial charge on any atom is 0.393 e. The maximum absolute atomic E-state index is 12.8. The lowest BCUT2D eigenvalue weighted by Gasteiger charge is -2.33. The van der Waals surface area contributed by atoms with Crippen LogP contribution in [0.3, 0.4) is 0 Å². The summed E-state index contributed by atoms with van der Waals surface area (Å²) >= 11 is 0. The van der Waals surface area contributed by atoms with Gasteiger partial charge in [-0.1, -0.05) is 32.0 Å². The quantitative estimate of drug-likeness (QED) is 0.905. The SMILES string of the molecule is CC(C)c1ccccc1NC(=O)CN1CCC[C@@H](C(F)(F)F)C1. The molecule has 3 nitrogen and oxygen atoms in total. The van der Waals surface area contributed by atoms with Gasteiger partial charge in [-0.25, -0.2) is 0 Å². The van der Waals surface area contributed by atoms with Crippen LogP contribution in [0.4, 0.5) is 18.9 Å². The van der Waals surface area contributed by atoms with Gasteiger partial charge < -0.3 is 5.32 Å². The predicted molar refractivity (Wildman–Crippen MR) is 84.4 cm³/mol. The number of para-hydroxylation sites is 1. The molecule has 6 heteroatoms. The van der Waals surface area contributed by atoms with Gasteiger partial charge in [0.1, 0.15) is 0 Å². The summed E-state index contributed by atoms with van der Waals surface area (Å²) < 4.78 is 38.4. The largest absolute Gasteiger partial charge is 0.393 e. The van der Waals surface area contributed by atoms with Gasteiger partial charge in [0.05, 0.1) is 12.5 Å². The smallest absolute Gasteiger partial charge is 0.325 e. The molecule has 0 aliphatic carbocycles. The van der Waals surface area contributed by atoms with Gasteiger partial charge >= 0.3 is 6.18 Å². The normalized spacial score (nSPS) is 19.8. The number of nitrogens with one attached hydrogen (secondary N) is 1. The van der Waals surface area contributed by atoms with Crippen LogP contribution >= 0.6 is 0 Å². The lowest BCUT2D eigenvalue weighted by Crippen LogP contribution is -2.44. The van der Waals surface area contributed by atoms with Gasteiger partial charge in [-0.05, 0) is 36.9 Å². The van der Waals surface area contributed by atoms with Crippen LogP contribution in [0.25, 0.3) is 0 Å². The van der Waals surface area contributed by atoms with Crippen LogP contribution in [-0.2, 0) is 4.79 Å². The Labute approximate surface area is 134 Å². The van der Waals surface area contributed by atoms with Crippen LogP contribution in [0.15, 0.2) is 24.3 Å². The molecule has 1 aromatic carbocycles. The van der Waals surface area contributed by atoms with E-state index in [0.717, 1.165) is 11.3 Å². The third-order valence-electron chi connectivity index (χ3n) is 4.19. The molecule has 128 valence electrons. The lowest BCUT2D eigenvalue weighted by molar-refractivity contribution is -0.186. The van der Waals surface area contributed by atoms with Crippen LogP contribution in [-0.4, -0.2) is 36.6 Å². The molecule has 1 atom stereocenters. The molecule has 1 aliphatic heterocycles. The monoisotopic (exact) mass is 328 g/mol. The standard InChI is InChI=1S/C17H23F3N2O/c1-12(2)14-7-3-4-8-15(14)21-16(23)11-22-9-5-6-13(10-22)17(18,19)20/h3-4,7-8,12-13H,5-6,9-11H2,1-2H3,(H,21,23)/t13-/m1/s1. The second-order valence-corrected chi connectivity index (χ2v) is 6.41. The summed E-state index contributed by atoms with van der Waals surface area (Å²) in [6.07, 6.45) is -3.56. The van der Waals surface area contributed by atoms with Crippen LogP contribution < -0.4 is 5.32 Å². The Balaban J connectivity index is 1.95. The molecular weight excluding hydrogens is 305 g/mol. The van der Waals surface area contributed by atoms with Crippen molar-refractivity contribution >= 4 is 11.6 Å². The molecule has 0 bridgehead atoms. The number of benzene rings is 1. The zero-order chi connectivity index (χ0) is 17.0. The summed E-state index contributed by atoms with van der Waals surface area (Å²) in [7, 11) is 0. The number of hydrogen-bond acceptors (Lipinski definition) is 2. The Morgan fingerprint density at radius 3 is 2.70 bits per heavy atom. The fourth-order valence-electron chi connectivity index (χ4n) is 2.97. The molecule has 0 spiro atoms. The van der Waals surface area contributed by atoms with Crippen LogP contribution in [0.5, 0.6) is 0 Å². The summed E-state index contributed by atoms with van der Waals surface area (Å²) in [4.78, 5) is 13.8. The number of likely N-dealkylation sites (tertiary alicyclic amines) is 1. The molecular formula is C17H23F3N2O. The number of anilines is 1. The average Bonchev–Trinajstić information content (AvgIpc) is 2.46. The Hall–Kier alpha value is -1.56. The van der Waals surface area contributed by atoms with E-state index in [9.17, 15) is 18.0 Å². The molecule has 1 aromatic rings. The van der Waals surface area contributed by atoms with Gasteiger partial charge in [0.2, 0.25) is 5.91 Å². The molecule has 1 aliphatic rings. The van der Waals surface area contributed by atoms with E-state index >= 15 is 0 Å². The minimum atomic E-state index is -4.18. The van der Waals surface area contributed by atoms with Crippen LogP contribution in [0.2, 0.25) is 0 Å². The van der Waals surface area contributed by atoms with Crippen molar-refractivity contribution in [3.05, 3.63) is 29.8 Å². The number of hydrogen-bond donors (Lipinski definition) is 1. The maximum atomic E-state index is 12.8. The van der Waals surface area contributed by atoms with E-state index in [1.165, 1.54) is 0 Å². The number of alkyl halides is 3. The molecule has 0 saturated carbocycles. The first-order valence-corrected chi connectivity index (χ1v) is 7.95. The second-order valence-electron chi connectivity index (χ2n) is 6.41. The van der Waals surface area contributed by atoms with E-state index in [4.69, 9.17) is 0 Å². The van der Waals surface area contributed by atoms with E-state index in [1.807, 2.05) is 38.1 Å². The van der Waals surface area contributed by atoms with E-state index in [0.29, 0.717) is 13.0 Å². The van der Waals surface area contributed by atoms with Gasteiger partial charge in [-0.3, -0.25) is 9.69 Å². The average molecular weight is 328 g/mol. The summed E-state index contributed by atoms with van der Waals surface area (Å²) in [6, 6.07) is 7.51. The van der Waals surface area contributed by atoms with Crippen molar-refractivity contribution in [2.75, 3.05) is 25.0 Å². The van der Waals surface area contributed by atoms with Crippen molar-refractivity contribution in [1.29, 1.82) is 0 Å². The Morgan fingerprint density at radius 1 is 1.35 bits per heavy atom. The molecule has 1 saturated heterocycles. The summed E-state index contributed by atoms with van der Waals surface area (Å²) in [5, 5.41) is 2.83. The van der Waals surface area contributed by atoms with Crippen molar-refractivity contribution in [3.8, 4) is 0 Å². The van der Waals surface area contributed by atoms with Crippen LogP contribution in [0, 0.1) is 5.92 Å². The summed E-state index contributed by atoms with van der Waals surface area (Å²) in [5.41, 5.74) is 1.75. The molecule has 2 rings (SSSR count). The minimum Gasteiger partial charge on any atom is -0.325 e. The minimum absolute atomic E-state index is 0.000983. The Kier molecular flexibility index (Phi) is 5.68. The first-order valence-electron chi connectivity index (χ1n) is 7.95. The van der Waals surface area contributed by atoms with Crippen LogP contribution in [0.1, 0.15) is 38.2 Å².